The molecule has 132 valence electrons. The maximum atomic E-state index is 12.5. The minimum absolute atomic E-state index is 0.113. The normalized spacial score (nSPS) is 11.6. The zero-order valence-electron chi connectivity index (χ0n) is 13.1. The van der Waals surface area contributed by atoms with E-state index in [1.807, 2.05) is 0 Å². The first-order valence-corrected chi connectivity index (χ1v) is 9.97. The van der Waals surface area contributed by atoms with Crippen LogP contribution >= 0.6 is 22.9 Å². The number of hydrogen-bond acceptors (Lipinski definition) is 6. The van der Waals surface area contributed by atoms with E-state index in [-0.39, 0.29) is 10.0 Å². The van der Waals surface area contributed by atoms with Crippen molar-refractivity contribution in [2.24, 2.45) is 0 Å². The largest absolute Gasteiger partial charge is 0.418 e. The molecule has 1 aromatic carbocycles. The number of nitrogens with zero attached hydrogens (tertiary/aromatic N) is 2. The van der Waals surface area contributed by atoms with Gasteiger partial charge in [0.25, 0.3) is 10.0 Å². The van der Waals surface area contributed by atoms with Crippen LogP contribution in [0.5, 0.6) is 0 Å². The molecule has 3 rings (SSSR count). The van der Waals surface area contributed by atoms with Gasteiger partial charge in [0, 0.05) is 29.6 Å². The Morgan fingerprint density at radius 1 is 1.40 bits per heavy atom. The van der Waals surface area contributed by atoms with Gasteiger partial charge in [0.1, 0.15) is 6.26 Å². The van der Waals surface area contributed by atoms with Gasteiger partial charge in [-0.05, 0) is 24.6 Å². The van der Waals surface area contributed by atoms with E-state index in [9.17, 15) is 13.2 Å². The molecule has 0 aliphatic rings. The van der Waals surface area contributed by atoms with Crippen molar-refractivity contribution in [1.29, 1.82) is 0 Å². The second kappa shape index (κ2) is 7.03. The Kier molecular flexibility index (Phi) is 4.98. The number of aryl methyl sites for hydroxylation is 2. The first kappa shape index (κ1) is 17.7. The van der Waals surface area contributed by atoms with Crippen LogP contribution in [-0.4, -0.2) is 18.0 Å². The van der Waals surface area contributed by atoms with Gasteiger partial charge in [0.2, 0.25) is 0 Å². The first-order valence-electron chi connectivity index (χ1n) is 7.23. The summed E-state index contributed by atoms with van der Waals surface area (Å²) in [7, 11) is -3.77. The molecule has 0 radical (unpaired) electrons. The second-order valence-corrected chi connectivity index (χ2v) is 8.14. The maximum Gasteiger partial charge on any atom is 0.418 e. The van der Waals surface area contributed by atoms with Crippen molar-refractivity contribution in [2.45, 2.75) is 24.8 Å². The number of sulfonamides is 1. The van der Waals surface area contributed by atoms with Crippen LogP contribution in [0, 0.1) is 6.92 Å². The lowest BCUT2D eigenvalue weighted by Crippen LogP contribution is -2.15. The van der Waals surface area contributed by atoms with E-state index in [1.54, 1.807) is 30.6 Å². The Labute approximate surface area is 152 Å². The van der Waals surface area contributed by atoms with Gasteiger partial charge < -0.3 is 4.42 Å². The van der Waals surface area contributed by atoms with E-state index < -0.39 is 15.8 Å². The van der Waals surface area contributed by atoms with Crippen LogP contribution in [0.25, 0.3) is 0 Å². The van der Waals surface area contributed by atoms with Crippen LogP contribution < -0.4 is 10.5 Å². The van der Waals surface area contributed by atoms with Crippen LogP contribution in [0.3, 0.4) is 0 Å². The zero-order chi connectivity index (χ0) is 18.0. The van der Waals surface area contributed by atoms with Crippen LogP contribution in [0.1, 0.15) is 11.3 Å². The van der Waals surface area contributed by atoms with E-state index >= 15 is 0 Å². The highest BCUT2D eigenvalue weighted by Gasteiger charge is 2.19. The molecule has 2 heterocycles. The molecule has 10 heteroatoms. The van der Waals surface area contributed by atoms with E-state index in [2.05, 4.69) is 14.1 Å². The fourth-order valence-corrected chi connectivity index (χ4v) is 4.71. The summed E-state index contributed by atoms with van der Waals surface area (Å²) in [5, 5.41) is 2.38. The van der Waals surface area contributed by atoms with E-state index in [0.29, 0.717) is 29.2 Å². The minimum Gasteiger partial charge on any atom is -0.416 e. The van der Waals surface area contributed by atoms with Gasteiger partial charge in [-0.2, -0.15) is 0 Å². The molecule has 7 nitrogen and oxygen atoms in total. The summed E-state index contributed by atoms with van der Waals surface area (Å²) in [6, 6.07) is 4.71. The lowest BCUT2D eigenvalue weighted by atomic mass is 10.2. The van der Waals surface area contributed by atoms with E-state index in [4.69, 9.17) is 11.6 Å². The van der Waals surface area contributed by atoms with Gasteiger partial charge in [-0.3, -0.25) is 9.29 Å². The van der Waals surface area contributed by atoms with Crippen LogP contribution in [0.4, 0.5) is 5.13 Å². The molecule has 0 aliphatic heterocycles. The predicted octanol–water partition coefficient (Wildman–Crippen LogP) is 2.90. The molecule has 0 spiro atoms. The van der Waals surface area contributed by atoms with E-state index in [0.717, 1.165) is 0 Å². The Hall–Kier alpha value is -2.10. The number of benzene rings is 1. The van der Waals surface area contributed by atoms with Crippen molar-refractivity contribution < 1.29 is 12.8 Å². The van der Waals surface area contributed by atoms with Gasteiger partial charge in [-0.25, -0.2) is 18.2 Å². The quantitative estimate of drug-likeness (QED) is 0.687. The van der Waals surface area contributed by atoms with Gasteiger partial charge in [-0.1, -0.05) is 17.7 Å². The molecule has 0 amide bonds. The smallest absolute Gasteiger partial charge is 0.416 e. The molecular formula is C15H14ClN3O4S2. The topological polar surface area (TPSA) is 94.2 Å². The van der Waals surface area contributed by atoms with Gasteiger partial charge in [-0.15, -0.1) is 11.3 Å². The summed E-state index contributed by atoms with van der Waals surface area (Å²) in [6.07, 6.45) is 3.34. The minimum atomic E-state index is -3.77. The second-order valence-electron chi connectivity index (χ2n) is 5.22. The average molecular weight is 400 g/mol. The third-order valence-electron chi connectivity index (χ3n) is 3.53. The van der Waals surface area contributed by atoms with Crippen molar-refractivity contribution in [3.63, 3.8) is 0 Å². The lowest BCUT2D eigenvalue weighted by Gasteiger charge is -2.09. The average Bonchev–Trinajstić information content (AvgIpc) is 3.16. The van der Waals surface area contributed by atoms with Crippen LogP contribution in [-0.2, 0) is 23.0 Å². The number of oxazole rings is 1. The first-order chi connectivity index (χ1) is 11.9. The molecule has 1 N–H and O–H groups in total. The Morgan fingerprint density at radius 3 is 2.92 bits per heavy atom. The van der Waals surface area contributed by atoms with Crippen molar-refractivity contribution >= 4 is 38.1 Å². The number of thiazole rings is 1. The SMILES string of the molecule is Cc1c(Cl)cccc1S(=O)(=O)Nc1nc(CCn2ccoc2=O)cs1. The Balaban J connectivity index is 1.73. The molecule has 0 aliphatic carbocycles. The monoisotopic (exact) mass is 399 g/mol. The number of halogens is 1. The highest BCUT2D eigenvalue weighted by atomic mass is 35.5. The Morgan fingerprint density at radius 2 is 2.20 bits per heavy atom. The third kappa shape index (κ3) is 3.94. The molecule has 0 saturated carbocycles. The molecule has 0 atom stereocenters. The Bertz CT molecular complexity index is 1050. The molecule has 0 bridgehead atoms. The standard InChI is InChI=1S/C15H14ClN3O4S2/c1-10-12(16)3-2-4-13(10)25(21,22)18-14-17-11(9-24-14)5-6-19-7-8-23-15(19)20/h2-4,7-9H,5-6H2,1H3,(H,17,18). The summed E-state index contributed by atoms with van der Waals surface area (Å²) in [5.74, 6) is -0.437. The fourth-order valence-electron chi connectivity index (χ4n) is 2.21. The summed E-state index contributed by atoms with van der Waals surface area (Å²) in [5.41, 5.74) is 1.16. The third-order valence-corrected chi connectivity index (χ3v) is 6.36. The number of nitrogens with one attached hydrogen (secondary N) is 1. The molecule has 2 aromatic heterocycles. The van der Waals surface area contributed by atoms with Gasteiger partial charge >= 0.3 is 5.76 Å². The van der Waals surface area contributed by atoms with Crippen molar-refractivity contribution in [1.82, 2.24) is 9.55 Å². The highest BCUT2D eigenvalue weighted by Crippen LogP contribution is 2.26. The van der Waals surface area contributed by atoms with Crippen molar-refractivity contribution in [3.05, 3.63) is 62.9 Å². The lowest BCUT2D eigenvalue weighted by molar-refractivity contribution is 0.477. The summed E-state index contributed by atoms with van der Waals surface area (Å²) >= 11 is 7.17. The fraction of sp³-hybridized carbons (Fsp3) is 0.200. The molecule has 0 fully saturated rings. The summed E-state index contributed by atoms with van der Waals surface area (Å²) < 4.78 is 33.6. The highest BCUT2D eigenvalue weighted by molar-refractivity contribution is 7.93. The van der Waals surface area contributed by atoms with Crippen LogP contribution in [0.2, 0.25) is 5.02 Å². The number of aromatic nitrogens is 2. The van der Waals surface area contributed by atoms with Gasteiger partial charge in [0.05, 0.1) is 10.6 Å². The van der Waals surface area contributed by atoms with Crippen molar-refractivity contribution in [3.8, 4) is 0 Å². The molecule has 25 heavy (non-hydrogen) atoms. The van der Waals surface area contributed by atoms with E-state index in [1.165, 1.54) is 28.2 Å². The van der Waals surface area contributed by atoms with Gasteiger partial charge in [0.15, 0.2) is 5.13 Å². The maximum absolute atomic E-state index is 12.5. The predicted molar refractivity (Wildman–Crippen MR) is 95.8 cm³/mol. The number of hydrogen-bond donors (Lipinski definition) is 1. The summed E-state index contributed by atoms with van der Waals surface area (Å²) in [4.78, 5) is 15.7. The zero-order valence-corrected chi connectivity index (χ0v) is 15.5. The van der Waals surface area contributed by atoms with Crippen LogP contribution in [0.15, 0.2) is 50.1 Å². The molecule has 0 unspecified atom stereocenters. The molecular weight excluding hydrogens is 386 g/mol. The molecule has 0 saturated heterocycles. The summed E-state index contributed by atoms with van der Waals surface area (Å²) in [6.45, 7) is 2.05. The molecule has 3 aromatic rings. The van der Waals surface area contributed by atoms with Crippen molar-refractivity contribution in [2.75, 3.05) is 4.72 Å². The number of anilines is 1. The number of rotatable bonds is 6.